The third-order valence-corrected chi connectivity index (χ3v) is 4.96. The van der Waals surface area contributed by atoms with Crippen LogP contribution in [0.15, 0.2) is 66.9 Å². The Morgan fingerprint density at radius 3 is 2.75 bits per heavy atom. The number of nitrogens with zero attached hydrogens (tertiary/aromatic N) is 2. The van der Waals surface area contributed by atoms with Crippen molar-refractivity contribution in [2.75, 3.05) is 13.7 Å². The Morgan fingerprint density at radius 1 is 1.07 bits per heavy atom. The third-order valence-electron chi connectivity index (χ3n) is 4.96. The first-order valence-electron chi connectivity index (χ1n) is 9.48. The predicted molar refractivity (Wildman–Crippen MR) is 113 cm³/mol. The molecule has 1 atom stereocenters. The molecule has 0 spiro atoms. The second-order valence-corrected chi connectivity index (χ2v) is 6.94. The lowest BCUT2D eigenvalue weighted by atomic mass is 10.1. The van der Waals surface area contributed by atoms with Gasteiger partial charge in [0.05, 0.1) is 11.2 Å². The number of aromatic nitrogens is 3. The molecule has 0 amide bonds. The highest BCUT2D eigenvalue weighted by Gasteiger charge is 2.10. The zero-order valence-electron chi connectivity index (χ0n) is 16.1. The van der Waals surface area contributed by atoms with Gasteiger partial charge in [0.1, 0.15) is 12.4 Å². The summed E-state index contributed by atoms with van der Waals surface area (Å²) in [5.74, 6) is 0.822. The average molecular weight is 372 g/mol. The molecule has 0 aliphatic rings. The molecule has 0 fully saturated rings. The largest absolute Gasteiger partial charge is 0.492 e. The highest BCUT2D eigenvalue weighted by molar-refractivity contribution is 5.85. The van der Waals surface area contributed by atoms with E-state index in [1.54, 1.807) is 6.20 Å². The Morgan fingerprint density at radius 2 is 1.93 bits per heavy atom. The van der Waals surface area contributed by atoms with Crippen molar-refractivity contribution < 1.29 is 4.74 Å². The molecule has 2 aromatic heterocycles. The molecule has 0 radical (unpaired) electrons. The summed E-state index contributed by atoms with van der Waals surface area (Å²) in [5.41, 5.74) is 5.26. The van der Waals surface area contributed by atoms with Crippen LogP contribution >= 0.6 is 0 Å². The number of pyridine rings is 1. The molecule has 0 saturated heterocycles. The van der Waals surface area contributed by atoms with Gasteiger partial charge in [-0.1, -0.05) is 36.4 Å². The molecule has 2 heterocycles. The van der Waals surface area contributed by atoms with E-state index in [1.807, 2.05) is 44.3 Å². The van der Waals surface area contributed by atoms with Crippen LogP contribution in [0.2, 0.25) is 0 Å². The van der Waals surface area contributed by atoms with E-state index in [4.69, 9.17) is 4.74 Å². The third kappa shape index (κ3) is 4.05. The first-order chi connectivity index (χ1) is 13.7. The molecule has 5 nitrogen and oxygen atoms in total. The number of ether oxygens (including phenoxy) is 1. The van der Waals surface area contributed by atoms with Gasteiger partial charge in [0.2, 0.25) is 0 Å². The van der Waals surface area contributed by atoms with Crippen molar-refractivity contribution in [2.45, 2.75) is 19.4 Å². The molecule has 4 rings (SSSR count). The molecule has 0 bridgehead atoms. The lowest BCUT2D eigenvalue weighted by Crippen LogP contribution is -2.33. The van der Waals surface area contributed by atoms with Crippen molar-refractivity contribution in [1.29, 1.82) is 0 Å². The van der Waals surface area contributed by atoms with Gasteiger partial charge in [-0.05, 0) is 44.2 Å². The number of nitrogens with one attached hydrogen (secondary N) is 2. The molecular formula is C23H24N4O. The fraction of sp³-hybridized carbons (Fsp3) is 0.217. The maximum Gasteiger partial charge on any atom is 0.123 e. The first-order valence-corrected chi connectivity index (χ1v) is 9.48. The molecule has 0 aliphatic carbocycles. The maximum absolute atomic E-state index is 6.07. The smallest absolute Gasteiger partial charge is 0.123 e. The number of hydrogen-bond donors (Lipinski definition) is 2. The summed E-state index contributed by atoms with van der Waals surface area (Å²) < 4.78 is 6.07. The molecule has 4 aromatic rings. The quantitative estimate of drug-likeness (QED) is 0.512. The van der Waals surface area contributed by atoms with Crippen LogP contribution < -0.4 is 10.1 Å². The average Bonchev–Trinajstić information content (AvgIpc) is 3.12. The van der Waals surface area contributed by atoms with Crippen molar-refractivity contribution in [3.63, 3.8) is 0 Å². The Kier molecular flexibility index (Phi) is 5.35. The number of likely N-dealkylation sites (N-methyl/N-ethyl adjacent to an activating group) is 1. The summed E-state index contributed by atoms with van der Waals surface area (Å²) in [5, 5.41) is 11.8. The van der Waals surface area contributed by atoms with Gasteiger partial charge in [-0.3, -0.25) is 10.1 Å². The summed E-state index contributed by atoms with van der Waals surface area (Å²) in [6, 6.07) is 20.8. The monoisotopic (exact) mass is 372 g/mol. The lowest BCUT2D eigenvalue weighted by Gasteiger charge is -2.17. The summed E-state index contributed by atoms with van der Waals surface area (Å²) in [6.45, 7) is 2.62. The van der Waals surface area contributed by atoms with E-state index in [0.717, 1.165) is 40.0 Å². The number of benzene rings is 2. The lowest BCUT2D eigenvalue weighted by molar-refractivity contribution is 0.269. The highest BCUT2D eigenvalue weighted by atomic mass is 16.5. The van der Waals surface area contributed by atoms with Crippen molar-refractivity contribution in [3.05, 3.63) is 78.1 Å². The van der Waals surface area contributed by atoms with E-state index in [0.29, 0.717) is 6.61 Å². The summed E-state index contributed by atoms with van der Waals surface area (Å²) in [6.07, 6.45) is 2.72. The van der Waals surface area contributed by atoms with Crippen molar-refractivity contribution >= 4 is 10.9 Å². The molecule has 28 heavy (non-hydrogen) atoms. The number of H-pyrrole nitrogens is 1. The van der Waals surface area contributed by atoms with Crippen molar-refractivity contribution in [2.24, 2.45) is 0 Å². The van der Waals surface area contributed by atoms with Gasteiger partial charge in [-0.2, -0.15) is 5.10 Å². The van der Waals surface area contributed by atoms with E-state index >= 15 is 0 Å². The molecule has 5 heteroatoms. The van der Waals surface area contributed by atoms with Gasteiger partial charge in [0, 0.05) is 34.9 Å². The zero-order valence-corrected chi connectivity index (χ0v) is 16.1. The maximum atomic E-state index is 6.07. The summed E-state index contributed by atoms with van der Waals surface area (Å²) in [7, 11) is 1.97. The fourth-order valence-corrected chi connectivity index (χ4v) is 3.30. The first kappa shape index (κ1) is 18.2. The van der Waals surface area contributed by atoms with E-state index in [9.17, 15) is 0 Å². The van der Waals surface area contributed by atoms with Crippen molar-refractivity contribution in [3.8, 4) is 17.0 Å². The fourth-order valence-electron chi connectivity index (χ4n) is 3.30. The Bertz CT molecular complexity index is 1060. The number of fused-ring (bicyclic) bond motifs is 1. The minimum Gasteiger partial charge on any atom is -0.492 e. The van der Waals surface area contributed by atoms with Gasteiger partial charge in [-0.25, -0.2) is 0 Å². The predicted octanol–water partition coefficient (Wildman–Crippen LogP) is 4.14. The van der Waals surface area contributed by atoms with Gasteiger partial charge in [0.25, 0.3) is 0 Å². The molecular weight excluding hydrogens is 348 g/mol. The minimum absolute atomic E-state index is 0.240. The van der Waals surface area contributed by atoms with E-state index in [-0.39, 0.29) is 6.04 Å². The van der Waals surface area contributed by atoms with Gasteiger partial charge in [0.15, 0.2) is 0 Å². The molecule has 0 saturated carbocycles. The number of aromatic amines is 1. The summed E-state index contributed by atoms with van der Waals surface area (Å²) >= 11 is 0. The van der Waals surface area contributed by atoms with Gasteiger partial charge < -0.3 is 10.1 Å². The molecule has 2 N–H and O–H groups in total. The molecule has 1 unspecified atom stereocenters. The second kappa shape index (κ2) is 8.23. The SMILES string of the molecule is CNC(COc1ccnc(-c2ccc3n[nH]c(C)c3c2)c1)Cc1ccccc1. The van der Waals surface area contributed by atoms with Crippen LogP contribution in [0, 0.1) is 6.92 Å². The van der Waals surface area contributed by atoms with Crippen LogP contribution in [-0.2, 0) is 6.42 Å². The molecule has 0 aliphatic heterocycles. The van der Waals surface area contributed by atoms with Crippen LogP contribution in [0.5, 0.6) is 5.75 Å². The summed E-state index contributed by atoms with van der Waals surface area (Å²) in [4.78, 5) is 4.52. The zero-order chi connectivity index (χ0) is 19.3. The minimum atomic E-state index is 0.240. The van der Waals surface area contributed by atoms with Gasteiger partial charge in [-0.15, -0.1) is 0 Å². The number of aryl methyl sites for hydroxylation is 1. The van der Waals surface area contributed by atoms with Gasteiger partial charge >= 0.3 is 0 Å². The highest BCUT2D eigenvalue weighted by Crippen LogP contribution is 2.26. The normalized spacial score (nSPS) is 12.2. The topological polar surface area (TPSA) is 62.8 Å². The standard InChI is InChI=1S/C23H24N4O/c1-16-21-13-18(8-9-22(21)27-26-16)23-14-20(10-11-25-23)28-15-19(24-2)12-17-6-4-3-5-7-17/h3-11,13-14,19,24H,12,15H2,1-2H3,(H,26,27). The second-order valence-electron chi connectivity index (χ2n) is 6.94. The van der Waals surface area contributed by atoms with Crippen LogP contribution in [0.4, 0.5) is 0 Å². The van der Waals surface area contributed by atoms with E-state index in [1.165, 1.54) is 5.56 Å². The number of rotatable bonds is 7. The Hall–Kier alpha value is -3.18. The van der Waals surface area contributed by atoms with Crippen LogP contribution in [0.25, 0.3) is 22.2 Å². The van der Waals surface area contributed by atoms with Crippen LogP contribution in [-0.4, -0.2) is 34.9 Å². The Balaban J connectivity index is 1.47. The van der Waals surface area contributed by atoms with Crippen LogP contribution in [0.3, 0.4) is 0 Å². The Labute approximate surface area is 164 Å². The van der Waals surface area contributed by atoms with E-state index < -0.39 is 0 Å². The van der Waals surface area contributed by atoms with Crippen LogP contribution in [0.1, 0.15) is 11.3 Å². The van der Waals surface area contributed by atoms with Crippen molar-refractivity contribution in [1.82, 2.24) is 20.5 Å². The molecule has 142 valence electrons. The molecule has 2 aromatic carbocycles. The van der Waals surface area contributed by atoms with E-state index in [2.05, 4.69) is 50.8 Å². The number of hydrogen-bond acceptors (Lipinski definition) is 4.